The molecule has 0 aliphatic rings. The lowest BCUT2D eigenvalue weighted by molar-refractivity contribution is -0.143. The summed E-state index contributed by atoms with van der Waals surface area (Å²) >= 11 is 0. The number of rotatable bonds is 11. The van der Waals surface area contributed by atoms with Crippen molar-refractivity contribution in [2.45, 2.75) is 53.6 Å². The third-order valence-corrected chi connectivity index (χ3v) is 5.12. The summed E-state index contributed by atoms with van der Waals surface area (Å²) in [6.07, 6.45) is 0.503. The van der Waals surface area contributed by atoms with E-state index in [4.69, 9.17) is 9.47 Å². The summed E-state index contributed by atoms with van der Waals surface area (Å²) in [5.41, 5.74) is 3.03. The Labute approximate surface area is 191 Å². The van der Waals surface area contributed by atoms with Crippen molar-refractivity contribution in [2.75, 3.05) is 20.3 Å². The molecule has 0 bridgehead atoms. The van der Waals surface area contributed by atoms with Gasteiger partial charge in [0.25, 0.3) is 5.91 Å². The first kappa shape index (κ1) is 25.2. The topological polar surface area (TPSA) is 67.9 Å². The summed E-state index contributed by atoms with van der Waals surface area (Å²) in [6, 6.07) is 12.8. The van der Waals surface area contributed by atoms with Crippen LogP contribution in [0, 0.1) is 19.8 Å². The summed E-state index contributed by atoms with van der Waals surface area (Å²) in [7, 11) is 1.61. The Morgan fingerprint density at radius 2 is 1.72 bits per heavy atom. The Morgan fingerprint density at radius 1 is 1.03 bits per heavy atom. The Morgan fingerprint density at radius 3 is 2.31 bits per heavy atom. The quantitative estimate of drug-likeness (QED) is 0.567. The number of benzene rings is 2. The molecule has 0 aliphatic heterocycles. The van der Waals surface area contributed by atoms with Gasteiger partial charge in [-0.05, 0) is 67.1 Å². The molecule has 0 aliphatic carbocycles. The van der Waals surface area contributed by atoms with Gasteiger partial charge in [-0.3, -0.25) is 9.59 Å². The number of amides is 2. The van der Waals surface area contributed by atoms with Crippen molar-refractivity contribution in [3.63, 3.8) is 0 Å². The maximum atomic E-state index is 13.3. The van der Waals surface area contributed by atoms with Crippen LogP contribution in [0.5, 0.6) is 11.5 Å². The number of aryl methyl sites for hydroxylation is 2. The minimum absolute atomic E-state index is 0.138. The molecule has 0 radical (unpaired) electrons. The van der Waals surface area contributed by atoms with Crippen LogP contribution in [0.3, 0.4) is 0 Å². The van der Waals surface area contributed by atoms with Gasteiger partial charge < -0.3 is 19.7 Å². The van der Waals surface area contributed by atoms with E-state index >= 15 is 0 Å². The molecule has 0 fully saturated rings. The van der Waals surface area contributed by atoms with Crippen molar-refractivity contribution in [1.29, 1.82) is 0 Å². The van der Waals surface area contributed by atoms with Gasteiger partial charge in [0.1, 0.15) is 17.5 Å². The number of methoxy groups -OCH3 is 1. The first-order chi connectivity index (χ1) is 15.2. The van der Waals surface area contributed by atoms with Gasteiger partial charge in [0.2, 0.25) is 5.91 Å². The second-order valence-corrected chi connectivity index (χ2v) is 8.55. The molecule has 1 N–H and O–H groups in total. The van der Waals surface area contributed by atoms with Crippen molar-refractivity contribution >= 4 is 11.8 Å². The molecule has 6 nitrogen and oxygen atoms in total. The van der Waals surface area contributed by atoms with E-state index in [0.717, 1.165) is 16.7 Å². The van der Waals surface area contributed by atoms with Gasteiger partial charge >= 0.3 is 0 Å². The molecule has 2 aromatic rings. The lowest BCUT2D eigenvalue weighted by Gasteiger charge is -2.31. The number of ether oxygens (including phenoxy) is 2. The van der Waals surface area contributed by atoms with Crippen LogP contribution >= 0.6 is 0 Å². The number of hydrogen-bond acceptors (Lipinski definition) is 4. The summed E-state index contributed by atoms with van der Waals surface area (Å²) < 4.78 is 11.1. The van der Waals surface area contributed by atoms with E-state index in [2.05, 4.69) is 11.4 Å². The highest BCUT2D eigenvalue weighted by atomic mass is 16.5. The zero-order chi connectivity index (χ0) is 23.7. The molecule has 32 heavy (non-hydrogen) atoms. The van der Waals surface area contributed by atoms with Crippen LogP contribution < -0.4 is 14.8 Å². The van der Waals surface area contributed by atoms with E-state index in [0.29, 0.717) is 36.9 Å². The van der Waals surface area contributed by atoms with E-state index in [-0.39, 0.29) is 18.4 Å². The molecule has 0 saturated carbocycles. The van der Waals surface area contributed by atoms with Crippen molar-refractivity contribution in [2.24, 2.45) is 5.92 Å². The summed E-state index contributed by atoms with van der Waals surface area (Å²) in [5, 5.41) is 2.97. The number of carbonyl (C=O) groups excluding carboxylic acids is 2. The van der Waals surface area contributed by atoms with E-state index in [1.165, 1.54) is 0 Å². The molecule has 1 unspecified atom stereocenters. The maximum Gasteiger partial charge on any atom is 0.261 e. The lowest BCUT2D eigenvalue weighted by atomic mass is 10.1. The van der Waals surface area contributed by atoms with Gasteiger partial charge in [0.15, 0.2) is 6.61 Å². The van der Waals surface area contributed by atoms with Crippen molar-refractivity contribution < 1.29 is 19.1 Å². The molecule has 6 heteroatoms. The molecule has 2 aromatic carbocycles. The lowest BCUT2D eigenvalue weighted by Crippen LogP contribution is -2.50. The molecule has 0 spiro atoms. The molecule has 0 saturated heterocycles. The zero-order valence-corrected chi connectivity index (χ0v) is 20.1. The summed E-state index contributed by atoms with van der Waals surface area (Å²) in [6.45, 7) is 10.7. The first-order valence-electron chi connectivity index (χ1n) is 11.1. The fourth-order valence-electron chi connectivity index (χ4n) is 3.55. The highest BCUT2D eigenvalue weighted by Gasteiger charge is 2.29. The summed E-state index contributed by atoms with van der Waals surface area (Å²) in [5.74, 6) is 1.29. The number of carbonyl (C=O) groups is 2. The average molecular weight is 441 g/mol. The monoisotopic (exact) mass is 440 g/mol. The van der Waals surface area contributed by atoms with Crippen LogP contribution in [0.1, 0.15) is 43.9 Å². The van der Waals surface area contributed by atoms with Crippen LogP contribution in [0.4, 0.5) is 0 Å². The second kappa shape index (κ2) is 12.1. The van der Waals surface area contributed by atoms with Gasteiger partial charge in [-0.15, -0.1) is 0 Å². The van der Waals surface area contributed by atoms with Crippen LogP contribution in [-0.4, -0.2) is 43.0 Å². The Balaban J connectivity index is 2.23. The van der Waals surface area contributed by atoms with Crippen molar-refractivity contribution in [3.05, 3.63) is 59.2 Å². The van der Waals surface area contributed by atoms with E-state index in [9.17, 15) is 9.59 Å². The van der Waals surface area contributed by atoms with Gasteiger partial charge in [-0.2, -0.15) is 0 Å². The molecule has 0 aromatic heterocycles. The van der Waals surface area contributed by atoms with Crippen LogP contribution in [0.25, 0.3) is 0 Å². The number of nitrogens with zero attached hydrogens (tertiary/aromatic N) is 1. The van der Waals surface area contributed by atoms with Crippen molar-refractivity contribution in [3.8, 4) is 11.5 Å². The smallest absolute Gasteiger partial charge is 0.261 e. The minimum atomic E-state index is -0.588. The first-order valence-corrected chi connectivity index (χ1v) is 11.1. The summed E-state index contributed by atoms with van der Waals surface area (Å²) in [4.78, 5) is 27.8. The van der Waals surface area contributed by atoms with Crippen LogP contribution in [0.2, 0.25) is 0 Å². The highest BCUT2D eigenvalue weighted by Crippen LogP contribution is 2.19. The SMILES string of the molecule is CCC(C(=O)NCC(C)C)N(Cc1cccc(OC)c1)C(=O)COc1cc(C)cc(C)c1. The predicted octanol–water partition coefficient (Wildman–Crippen LogP) is 4.27. The molecule has 2 rings (SSSR count). The van der Waals surface area contributed by atoms with Gasteiger partial charge in [0, 0.05) is 13.1 Å². The van der Waals surface area contributed by atoms with Crippen LogP contribution in [-0.2, 0) is 16.1 Å². The average Bonchev–Trinajstić information content (AvgIpc) is 2.75. The van der Waals surface area contributed by atoms with Gasteiger partial charge in [-0.25, -0.2) is 0 Å². The standard InChI is InChI=1S/C26H36N2O4/c1-7-24(26(30)27-15-18(2)3)28(16-21-9-8-10-22(14-21)31-6)25(29)17-32-23-12-19(4)11-20(5)13-23/h8-14,18,24H,7,15-17H2,1-6H3,(H,27,30). The van der Waals surface area contributed by atoms with E-state index in [1.807, 2.05) is 71.0 Å². The Bertz CT molecular complexity index is 890. The number of nitrogens with one attached hydrogen (secondary N) is 1. The number of hydrogen-bond donors (Lipinski definition) is 1. The fourth-order valence-corrected chi connectivity index (χ4v) is 3.55. The molecular formula is C26H36N2O4. The van der Waals surface area contributed by atoms with Gasteiger partial charge in [0.05, 0.1) is 7.11 Å². The molecular weight excluding hydrogens is 404 g/mol. The fraction of sp³-hybridized carbons (Fsp3) is 0.462. The maximum absolute atomic E-state index is 13.3. The molecule has 174 valence electrons. The minimum Gasteiger partial charge on any atom is -0.497 e. The van der Waals surface area contributed by atoms with Crippen LogP contribution in [0.15, 0.2) is 42.5 Å². The third-order valence-electron chi connectivity index (χ3n) is 5.12. The van der Waals surface area contributed by atoms with E-state index < -0.39 is 6.04 Å². The predicted molar refractivity (Wildman–Crippen MR) is 127 cm³/mol. The molecule has 0 heterocycles. The molecule has 2 amide bonds. The highest BCUT2D eigenvalue weighted by molar-refractivity contribution is 5.88. The molecule has 1 atom stereocenters. The largest absolute Gasteiger partial charge is 0.497 e. The van der Waals surface area contributed by atoms with Crippen molar-refractivity contribution in [1.82, 2.24) is 10.2 Å². The third kappa shape index (κ3) is 7.59. The van der Waals surface area contributed by atoms with Gasteiger partial charge in [-0.1, -0.05) is 39.0 Å². The normalized spacial score (nSPS) is 11.7. The zero-order valence-electron chi connectivity index (χ0n) is 20.1. The Hall–Kier alpha value is -3.02. The van der Waals surface area contributed by atoms with E-state index in [1.54, 1.807) is 12.0 Å². The Kier molecular flexibility index (Phi) is 9.57. The second-order valence-electron chi connectivity index (χ2n) is 8.55.